The number of hydrogen-bond acceptors (Lipinski definition) is 4. The van der Waals surface area contributed by atoms with Crippen molar-refractivity contribution < 1.29 is 22.4 Å². The SMILES string of the molecule is Cc1nc(CCNC(=O)c2cccc(C(F)(F)F)c2)oc2cc(=O)ccc1-2. The maximum atomic E-state index is 12.7. The molecule has 1 aromatic carbocycles. The molecule has 0 radical (unpaired) electrons. The topological polar surface area (TPSA) is 72.2 Å². The largest absolute Gasteiger partial charge is 0.442 e. The molecule has 0 fully saturated rings. The van der Waals surface area contributed by atoms with Gasteiger partial charge in [0, 0.05) is 30.2 Å². The molecule has 0 aromatic heterocycles. The number of aromatic nitrogens is 1. The first kappa shape index (κ1) is 18.6. The normalized spacial score (nSPS) is 11.6. The number of fused-ring (bicyclic) bond motifs is 1. The Morgan fingerprint density at radius 1 is 1.19 bits per heavy atom. The van der Waals surface area contributed by atoms with Crippen molar-refractivity contribution in [1.29, 1.82) is 0 Å². The van der Waals surface area contributed by atoms with E-state index >= 15 is 0 Å². The van der Waals surface area contributed by atoms with Crippen molar-refractivity contribution in [3.63, 3.8) is 0 Å². The molecule has 0 unspecified atom stereocenters. The molecule has 0 saturated heterocycles. The summed E-state index contributed by atoms with van der Waals surface area (Å²) in [5, 5.41) is 2.54. The van der Waals surface area contributed by atoms with Crippen LogP contribution in [0.2, 0.25) is 0 Å². The molecule has 1 aliphatic heterocycles. The smallest absolute Gasteiger partial charge is 0.416 e. The summed E-state index contributed by atoms with van der Waals surface area (Å²) in [7, 11) is 0. The van der Waals surface area contributed by atoms with E-state index < -0.39 is 17.6 Å². The summed E-state index contributed by atoms with van der Waals surface area (Å²) >= 11 is 0. The van der Waals surface area contributed by atoms with Crippen molar-refractivity contribution >= 4 is 5.91 Å². The molecule has 1 heterocycles. The number of nitrogens with one attached hydrogen (secondary N) is 1. The van der Waals surface area contributed by atoms with E-state index in [4.69, 9.17) is 4.42 Å². The van der Waals surface area contributed by atoms with E-state index in [0.717, 1.165) is 12.1 Å². The van der Waals surface area contributed by atoms with Crippen LogP contribution in [0.1, 0.15) is 27.5 Å². The highest BCUT2D eigenvalue weighted by atomic mass is 19.4. The number of alkyl halides is 3. The van der Waals surface area contributed by atoms with Gasteiger partial charge >= 0.3 is 6.18 Å². The minimum absolute atomic E-state index is 0.0830. The van der Waals surface area contributed by atoms with Crippen molar-refractivity contribution in [2.75, 3.05) is 6.54 Å². The van der Waals surface area contributed by atoms with Crippen molar-refractivity contribution in [2.45, 2.75) is 19.5 Å². The first-order valence-electron chi connectivity index (χ1n) is 8.10. The van der Waals surface area contributed by atoms with Crippen LogP contribution >= 0.6 is 0 Å². The minimum Gasteiger partial charge on any atom is -0.442 e. The van der Waals surface area contributed by atoms with Crippen molar-refractivity contribution in [2.24, 2.45) is 0 Å². The average Bonchev–Trinajstić information content (AvgIpc) is 2.60. The summed E-state index contributed by atoms with van der Waals surface area (Å²) in [5.41, 5.74) is 0.230. The van der Waals surface area contributed by atoms with E-state index in [9.17, 15) is 22.8 Å². The Kier molecular flexibility index (Phi) is 4.98. The summed E-state index contributed by atoms with van der Waals surface area (Å²) < 4.78 is 43.7. The number of benzene rings is 2. The Morgan fingerprint density at radius 3 is 2.70 bits per heavy atom. The van der Waals surface area contributed by atoms with Gasteiger partial charge in [-0.25, -0.2) is 4.98 Å². The van der Waals surface area contributed by atoms with Crippen LogP contribution in [0.15, 0.2) is 51.7 Å². The minimum atomic E-state index is -4.51. The molecule has 1 N–H and O–H groups in total. The standard InChI is InChI=1S/C19H15F3N2O3/c1-11-15-6-5-14(25)10-16(15)27-17(24-11)7-8-23-18(26)12-3-2-4-13(9-12)19(20,21)22/h2-6,9-10H,7-8H2,1H3,(H,23,26). The van der Waals surface area contributed by atoms with Crippen LogP contribution in [0.25, 0.3) is 11.3 Å². The zero-order chi connectivity index (χ0) is 19.6. The highest BCUT2D eigenvalue weighted by Gasteiger charge is 2.30. The second-order valence-corrected chi connectivity index (χ2v) is 5.94. The Labute approximate surface area is 152 Å². The maximum absolute atomic E-state index is 12.7. The van der Waals surface area contributed by atoms with Crippen LogP contribution in [0.3, 0.4) is 0 Å². The van der Waals surface area contributed by atoms with Crippen LogP contribution in [0, 0.1) is 6.92 Å². The third-order valence-electron chi connectivity index (χ3n) is 3.94. The molecular formula is C19H15F3N2O3. The monoisotopic (exact) mass is 376 g/mol. The average molecular weight is 376 g/mol. The lowest BCUT2D eigenvalue weighted by Gasteiger charge is -2.11. The Bertz CT molecular complexity index is 1010. The number of carbonyl (C=O) groups is 1. The number of carbonyl (C=O) groups excluding carboxylic acids is 1. The van der Waals surface area contributed by atoms with Crippen LogP contribution < -0.4 is 10.7 Å². The molecule has 1 amide bonds. The predicted molar refractivity (Wildman–Crippen MR) is 91.6 cm³/mol. The lowest BCUT2D eigenvalue weighted by Crippen LogP contribution is -2.26. The predicted octanol–water partition coefficient (Wildman–Crippen LogP) is 3.44. The quantitative estimate of drug-likeness (QED) is 0.757. The summed E-state index contributed by atoms with van der Waals surface area (Å²) in [5.74, 6) is 0.0876. The van der Waals surface area contributed by atoms with Crippen LogP contribution in [0.4, 0.5) is 13.2 Å². The molecule has 0 spiro atoms. The van der Waals surface area contributed by atoms with Crippen molar-refractivity contribution in [1.82, 2.24) is 10.3 Å². The van der Waals surface area contributed by atoms with Gasteiger partial charge in [0.25, 0.3) is 5.91 Å². The molecule has 140 valence electrons. The van der Waals surface area contributed by atoms with Gasteiger partial charge in [0.15, 0.2) is 11.3 Å². The molecule has 0 bridgehead atoms. The van der Waals surface area contributed by atoms with Gasteiger partial charge in [-0.15, -0.1) is 0 Å². The van der Waals surface area contributed by atoms with Crippen molar-refractivity contribution in [3.05, 3.63) is 75.4 Å². The highest BCUT2D eigenvalue weighted by molar-refractivity contribution is 5.94. The van der Waals surface area contributed by atoms with Gasteiger partial charge in [-0.05, 0) is 37.3 Å². The fourth-order valence-electron chi connectivity index (χ4n) is 2.61. The fourth-order valence-corrected chi connectivity index (χ4v) is 2.61. The summed E-state index contributed by atoms with van der Waals surface area (Å²) in [6.07, 6.45) is -4.29. The van der Waals surface area contributed by atoms with Crippen molar-refractivity contribution in [3.8, 4) is 11.3 Å². The molecule has 0 atom stereocenters. The van der Waals surface area contributed by atoms with Crippen LogP contribution in [0.5, 0.6) is 0 Å². The van der Waals surface area contributed by atoms with Gasteiger partial charge in [-0.1, -0.05) is 6.07 Å². The first-order chi connectivity index (χ1) is 12.7. The summed E-state index contributed by atoms with van der Waals surface area (Å²) in [6.45, 7) is 1.89. The van der Waals surface area contributed by atoms with Gasteiger partial charge in [-0.2, -0.15) is 13.2 Å². The lowest BCUT2D eigenvalue weighted by molar-refractivity contribution is -0.137. The number of amides is 1. The number of hydrogen-bond donors (Lipinski definition) is 1. The number of rotatable bonds is 4. The molecule has 1 aromatic rings. The molecule has 3 rings (SSSR count). The van der Waals surface area contributed by atoms with Gasteiger partial charge in [0.05, 0.1) is 11.3 Å². The first-order valence-corrected chi connectivity index (χ1v) is 8.10. The molecule has 27 heavy (non-hydrogen) atoms. The maximum Gasteiger partial charge on any atom is 0.416 e. The number of nitrogens with zero attached hydrogens (tertiary/aromatic N) is 1. The summed E-state index contributed by atoms with van der Waals surface area (Å²) in [6, 6.07) is 8.60. The van der Waals surface area contributed by atoms with Gasteiger partial charge in [0.2, 0.25) is 0 Å². The van der Waals surface area contributed by atoms with E-state index in [-0.39, 0.29) is 24.0 Å². The Hall–Kier alpha value is -3.16. The van der Waals surface area contributed by atoms with E-state index in [0.29, 0.717) is 22.9 Å². The van der Waals surface area contributed by atoms with Crippen LogP contribution in [-0.2, 0) is 12.6 Å². The van der Waals surface area contributed by atoms with Crippen LogP contribution in [-0.4, -0.2) is 17.4 Å². The van der Waals surface area contributed by atoms with Gasteiger partial charge < -0.3 is 9.73 Å². The third-order valence-corrected chi connectivity index (χ3v) is 3.94. The Morgan fingerprint density at radius 2 is 1.96 bits per heavy atom. The van der Waals surface area contributed by atoms with E-state index in [1.54, 1.807) is 13.0 Å². The highest BCUT2D eigenvalue weighted by Crippen LogP contribution is 2.29. The summed E-state index contributed by atoms with van der Waals surface area (Å²) in [4.78, 5) is 27.8. The molecular weight excluding hydrogens is 361 g/mol. The second-order valence-electron chi connectivity index (χ2n) is 5.94. The second kappa shape index (κ2) is 7.22. The zero-order valence-electron chi connectivity index (χ0n) is 14.3. The van der Waals surface area contributed by atoms with E-state index in [1.165, 1.54) is 24.3 Å². The molecule has 0 saturated carbocycles. The molecule has 1 aliphatic carbocycles. The number of aryl methyl sites for hydroxylation is 1. The number of halogens is 3. The Balaban J connectivity index is 1.68. The van der Waals surface area contributed by atoms with Gasteiger partial charge in [-0.3, -0.25) is 9.59 Å². The fraction of sp³-hybridized carbons (Fsp3) is 0.211. The molecule has 8 heteroatoms. The third kappa shape index (κ3) is 4.33. The van der Waals surface area contributed by atoms with E-state index in [2.05, 4.69) is 10.3 Å². The zero-order valence-corrected chi connectivity index (χ0v) is 14.3. The molecule has 5 nitrogen and oxygen atoms in total. The molecule has 2 aliphatic rings. The van der Waals surface area contributed by atoms with Gasteiger partial charge in [0.1, 0.15) is 5.76 Å². The lowest BCUT2D eigenvalue weighted by atomic mass is 10.1. The van der Waals surface area contributed by atoms with E-state index in [1.807, 2.05) is 0 Å².